The molecule has 1 atom stereocenters. The van der Waals surface area contributed by atoms with Crippen LogP contribution in [0.25, 0.3) is 0 Å². The fourth-order valence-electron chi connectivity index (χ4n) is 1.19. The summed E-state index contributed by atoms with van der Waals surface area (Å²) in [5.41, 5.74) is 0.802. The summed E-state index contributed by atoms with van der Waals surface area (Å²) in [6.45, 7) is 3.72. The Morgan fingerprint density at radius 2 is 2.00 bits per heavy atom. The Morgan fingerprint density at radius 1 is 1.38 bits per heavy atom. The first-order valence-corrected chi connectivity index (χ1v) is 5.20. The van der Waals surface area contributed by atoms with Crippen LogP contribution in [0.3, 0.4) is 0 Å². The number of hydrogen-bond donors (Lipinski definition) is 1. The van der Waals surface area contributed by atoms with Gasteiger partial charge in [-0.1, -0.05) is 12.1 Å². The molecule has 0 fully saturated rings. The number of carbonyl (C=O) groups excluding carboxylic acids is 1. The van der Waals surface area contributed by atoms with E-state index in [9.17, 15) is 4.79 Å². The fraction of sp³-hybridized carbons (Fsp3) is 0.417. The van der Waals surface area contributed by atoms with Gasteiger partial charge in [0.2, 0.25) is 0 Å². The molecule has 0 aliphatic carbocycles. The van der Waals surface area contributed by atoms with Gasteiger partial charge in [0.25, 0.3) is 0 Å². The van der Waals surface area contributed by atoms with Gasteiger partial charge in [-0.2, -0.15) is 0 Å². The molecule has 88 valence electrons. The van der Waals surface area contributed by atoms with E-state index in [1.807, 2.05) is 0 Å². The molecule has 0 radical (unpaired) electrons. The number of rotatable bonds is 5. The van der Waals surface area contributed by atoms with Gasteiger partial charge in [0, 0.05) is 0 Å². The van der Waals surface area contributed by atoms with Crippen LogP contribution in [0.15, 0.2) is 24.3 Å². The highest BCUT2D eigenvalue weighted by Gasteiger charge is 2.15. The molecule has 16 heavy (non-hydrogen) atoms. The average molecular weight is 224 g/mol. The quantitative estimate of drug-likeness (QED) is 0.770. The zero-order valence-electron chi connectivity index (χ0n) is 9.47. The molecule has 0 saturated heterocycles. The van der Waals surface area contributed by atoms with E-state index in [1.165, 1.54) is 0 Å². The molecule has 0 aromatic heterocycles. The number of ether oxygens (including phenoxy) is 2. The summed E-state index contributed by atoms with van der Waals surface area (Å²) in [5.74, 6) is 0.200. The summed E-state index contributed by atoms with van der Waals surface area (Å²) in [6.07, 6.45) is -0.625. The van der Waals surface area contributed by atoms with Gasteiger partial charge in [-0.25, -0.2) is 4.79 Å². The first-order valence-electron chi connectivity index (χ1n) is 5.20. The van der Waals surface area contributed by atoms with Crippen molar-refractivity contribution in [2.75, 3.05) is 6.61 Å². The molecule has 0 aliphatic rings. The third-order valence-corrected chi connectivity index (χ3v) is 2.04. The number of hydrogen-bond acceptors (Lipinski definition) is 4. The van der Waals surface area contributed by atoms with Crippen LogP contribution in [0.2, 0.25) is 0 Å². The maximum atomic E-state index is 11.3. The van der Waals surface area contributed by atoms with Crippen molar-refractivity contribution in [3.8, 4) is 5.75 Å². The van der Waals surface area contributed by atoms with Gasteiger partial charge in [0.05, 0.1) is 13.2 Å². The van der Waals surface area contributed by atoms with Crippen molar-refractivity contribution in [1.82, 2.24) is 0 Å². The van der Waals surface area contributed by atoms with Crippen molar-refractivity contribution in [2.24, 2.45) is 0 Å². The predicted molar refractivity (Wildman–Crippen MR) is 59.1 cm³/mol. The first-order chi connectivity index (χ1) is 7.67. The van der Waals surface area contributed by atoms with Crippen molar-refractivity contribution in [3.63, 3.8) is 0 Å². The fourth-order valence-corrected chi connectivity index (χ4v) is 1.19. The van der Waals surface area contributed by atoms with Gasteiger partial charge < -0.3 is 14.6 Å². The van der Waals surface area contributed by atoms with E-state index in [4.69, 9.17) is 14.6 Å². The van der Waals surface area contributed by atoms with Crippen molar-refractivity contribution < 1.29 is 19.4 Å². The molecule has 0 heterocycles. The van der Waals surface area contributed by atoms with Gasteiger partial charge in [-0.3, -0.25) is 0 Å². The Hall–Kier alpha value is -1.55. The van der Waals surface area contributed by atoms with Gasteiger partial charge in [-0.15, -0.1) is 0 Å². The van der Waals surface area contributed by atoms with Gasteiger partial charge in [0.15, 0.2) is 6.10 Å². The Bertz CT molecular complexity index is 331. The molecule has 4 nitrogen and oxygen atoms in total. The molecule has 1 aromatic rings. The minimum atomic E-state index is -0.625. The third-order valence-electron chi connectivity index (χ3n) is 2.04. The number of aliphatic hydroxyl groups excluding tert-OH is 1. The zero-order chi connectivity index (χ0) is 12.0. The number of aliphatic hydroxyl groups is 1. The van der Waals surface area contributed by atoms with Crippen LogP contribution in [-0.2, 0) is 16.1 Å². The molecule has 0 spiro atoms. The van der Waals surface area contributed by atoms with Crippen LogP contribution in [0, 0.1) is 0 Å². The van der Waals surface area contributed by atoms with Crippen LogP contribution in [0.4, 0.5) is 0 Å². The molecule has 0 amide bonds. The summed E-state index contributed by atoms with van der Waals surface area (Å²) in [7, 11) is 0. The Kier molecular flexibility index (Phi) is 4.79. The van der Waals surface area contributed by atoms with E-state index in [0.717, 1.165) is 5.56 Å². The number of benzene rings is 1. The van der Waals surface area contributed by atoms with Gasteiger partial charge in [-0.05, 0) is 31.5 Å². The summed E-state index contributed by atoms with van der Waals surface area (Å²) in [4.78, 5) is 11.3. The van der Waals surface area contributed by atoms with Crippen LogP contribution in [-0.4, -0.2) is 23.8 Å². The Labute approximate surface area is 94.8 Å². The standard InChI is InChI=1S/C12H16O4/c1-3-15-12(14)9(2)16-11-6-4-10(8-13)5-7-11/h4-7,9,13H,3,8H2,1-2H3. The smallest absolute Gasteiger partial charge is 0.347 e. The highest BCUT2D eigenvalue weighted by atomic mass is 16.6. The van der Waals surface area contributed by atoms with E-state index in [2.05, 4.69) is 0 Å². The lowest BCUT2D eigenvalue weighted by molar-refractivity contribution is -0.150. The second kappa shape index (κ2) is 6.12. The van der Waals surface area contributed by atoms with E-state index < -0.39 is 6.10 Å². The van der Waals surface area contributed by atoms with Crippen molar-refractivity contribution in [2.45, 2.75) is 26.6 Å². The first kappa shape index (κ1) is 12.5. The molecule has 1 aromatic carbocycles. The van der Waals surface area contributed by atoms with Crippen molar-refractivity contribution in [3.05, 3.63) is 29.8 Å². The predicted octanol–water partition coefficient (Wildman–Crippen LogP) is 1.51. The molecule has 1 N–H and O–H groups in total. The number of esters is 1. The Morgan fingerprint density at radius 3 is 2.50 bits per heavy atom. The molecule has 0 saturated carbocycles. The lowest BCUT2D eigenvalue weighted by Gasteiger charge is -2.13. The van der Waals surface area contributed by atoms with E-state index in [-0.39, 0.29) is 12.6 Å². The van der Waals surface area contributed by atoms with Crippen LogP contribution >= 0.6 is 0 Å². The summed E-state index contributed by atoms with van der Waals surface area (Å²) in [6, 6.07) is 6.91. The van der Waals surface area contributed by atoms with Gasteiger partial charge >= 0.3 is 5.97 Å². The molecular formula is C12H16O4. The average Bonchev–Trinajstić information content (AvgIpc) is 2.30. The summed E-state index contributed by atoms with van der Waals surface area (Å²) < 4.78 is 10.2. The van der Waals surface area contributed by atoms with E-state index in [0.29, 0.717) is 12.4 Å². The Balaban J connectivity index is 2.55. The zero-order valence-corrected chi connectivity index (χ0v) is 9.47. The second-order valence-corrected chi connectivity index (χ2v) is 3.31. The van der Waals surface area contributed by atoms with Crippen molar-refractivity contribution >= 4 is 5.97 Å². The summed E-state index contributed by atoms with van der Waals surface area (Å²) in [5, 5.41) is 8.85. The highest BCUT2D eigenvalue weighted by molar-refractivity contribution is 5.74. The molecule has 1 rings (SSSR count). The third kappa shape index (κ3) is 3.55. The summed E-state index contributed by atoms with van der Waals surface area (Å²) >= 11 is 0. The van der Waals surface area contributed by atoms with Crippen molar-refractivity contribution in [1.29, 1.82) is 0 Å². The maximum Gasteiger partial charge on any atom is 0.347 e. The highest BCUT2D eigenvalue weighted by Crippen LogP contribution is 2.14. The van der Waals surface area contributed by atoms with E-state index >= 15 is 0 Å². The maximum absolute atomic E-state index is 11.3. The minimum absolute atomic E-state index is 0.00624. The van der Waals surface area contributed by atoms with Crippen LogP contribution in [0.1, 0.15) is 19.4 Å². The lowest BCUT2D eigenvalue weighted by atomic mass is 10.2. The normalized spacial score (nSPS) is 11.9. The van der Waals surface area contributed by atoms with Crippen LogP contribution < -0.4 is 4.74 Å². The van der Waals surface area contributed by atoms with Crippen LogP contribution in [0.5, 0.6) is 5.75 Å². The van der Waals surface area contributed by atoms with Gasteiger partial charge in [0.1, 0.15) is 5.75 Å². The molecule has 0 bridgehead atoms. The molecule has 4 heteroatoms. The van der Waals surface area contributed by atoms with E-state index in [1.54, 1.807) is 38.1 Å². The molecular weight excluding hydrogens is 208 g/mol. The molecule has 1 unspecified atom stereocenters. The monoisotopic (exact) mass is 224 g/mol. The topological polar surface area (TPSA) is 55.8 Å². The largest absolute Gasteiger partial charge is 0.479 e. The lowest BCUT2D eigenvalue weighted by Crippen LogP contribution is -2.26. The second-order valence-electron chi connectivity index (χ2n) is 3.31. The SMILES string of the molecule is CCOC(=O)C(C)Oc1ccc(CO)cc1. The number of carbonyl (C=O) groups is 1. The molecule has 0 aliphatic heterocycles. The minimum Gasteiger partial charge on any atom is -0.479 e.